The minimum atomic E-state index is -4.29. The van der Waals surface area contributed by atoms with E-state index in [2.05, 4.69) is 5.32 Å². The SMILES string of the molecule is O=C(Nc1ccc(S(=O)(=O)O)cc1)c1ccc([N+](=O)[O-])cc1.[Na+]. The number of nitro benzene ring substituents is 1. The maximum absolute atomic E-state index is 11.9. The van der Waals surface area contributed by atoms with Crippen LogP contribution in [0.2, 0.25) is 0 Å². The Labute approximate surface area is 153 Å². The summed E-state index contributed by atoms with van der Waals surface area (Å²) in [6, 6.07) is 9.92. The van der Waals surface area contributed by atoms with Gasteiger partial charge in [-0.1, -0.05) is 0 Å². The summed E-state index contributed by atoms with van der Waals surface area (Å²) in [6.07, 6.45) is 0. The average molecular weight is 345 g/mol. The number of nitro groups is 1. The van der Waals surface area contributed by atoms with E-state index in [4.69, 9.17) is 4.55 Å². The first-order valence-corrected chi connectivity index (χ1v) is 7.35. The summed E-state index contributed by atoms with van der Waals surface area (Å²) < 4.78 is 30.6. The Balaban J connectivity index is 0.00000264. The van der Waals surface area contributed by atoms with Crippen LogP contribution in [0.25, 0.3) is 0 Å². The molecule has 0 bridgehead atoms. The third-order valence-electron chi connectivity index (χ3n) is 2.75. The number of non-ortho nitro benzene ring substituents is 1. The fourth-order valence-electron chi connectivity index (χ4n) is 1.65. The summed E-state index contributed by atoms with van der Waals surface area (Å²) in [6.45, 7) is 0. The smallest absolute Gasteiger partial charge is 0.322 e. The summed E-state index contributed by atoms with van der Waals surface area (Å²) in [7, 11) is -4.29. The molecule has 0 radical (unpaired) electrons. The van der Waals surface area contributed by atoms with E-state index in [0.717, 1.165) is 12.1 Å². The Bertz CT molecular complexity index is 819. The summed E-state index contributed by atoms with van der Waals surface area (Å²) in [5.74, 6) is -0.505. The number of rotatable bonds is 4. The van der Waals surface area contributed by atoms with Crippen LogP contribution in [0.5, 0.6) is 0 Å². The number of nitrogens with zero attached hydrogens (tertiary/aromatic N) is 1. The van der Waals surface area contributed by atoms with Crippen molar-refractivity contribution in [1.82, 2.24) is 0 Å². The minimum absolute atomic E-state index is 0. The van der Waals surface area contributed by atoms with Gasteiger partial charge in [0.1, 0.15) is 0 Å². The number of nitrogens with one attached hydrogen (secondary N) is 1. The monoisotopic (exact) mass is 345 g/mol. The molecule has 23 heavy (non-hydrogen) atoms. The minimum Gasteiger partial charge on any atom is -0.322 e. The molecule has 1 amide bonds. The molecule has 2 aromatic rings. The van der Waals surface area contributed by atoms with E-state index in [1.165, 1.54) is 36.4 Å². The van der Waals surface area contributed by atoms with E-state index in [9.17, 15) is 23.3 Å². The van der Waals surface area contributed by atoms with E-state index < -0.39 is 20.9 Å². The van der Waals surface area contributed by atoms with E-state index >= 15 is 0 Å². The molecule has 0 aliphatic heterocycles. The molecule has 2 rings (SSSR count). The molecule has 2 N–H and O–H groups in total. The first-order valence-electron chi connectivity index (χ1n) is 5.91. The van der Waals surface area contributed by atoms with E-state index in [1.54, 1.807) is 0 Å². The zero-order chi connectivity index (χ0) is 16.3. The summed E-state index contributed by atoms with van der Waals surface area (Å²) in [4.78, 5) is 21.6. The summed E-state index contributed by atoms with van der Waals surface area (Å²) in [5.41, 5.74) is 0.397. The van der Waals surface area contributed by atoms with Crippen molar-refractivity contribution in [2.24, 2.45) is 0 Å². The third kappa shape index (κ3) is 5.12. The first kappa shape index (κ1) is 19.3. The van der Waals surface area contributed by atoms with E-state index in [-0.39, 0.29) is 45.7 Å². The van der Waals surface area contributed by atoms with Gasteiger partial charge in [-0.25, -0.2) is 0 Å². The molecule has 0 saturated carbocycles. The van der Waals surface area contributed by atoms with Crippen molar-refractivity contribution in [3.8, 4) is 0 Å². The molecule has 0 heterocycles. The second-order valence-corrected chi connectivity index (χ2v) is 5.68. The molecule has 8 nitrogen and oxygen atoms in total. The van der Waals surface area contributed by atoms with Crippen molar-refractivity contribution in [2.75, 3.05) is 5.32 Å². The van der Waals surface area contributed by atoms with Crippen LogP contribution in [0.1, 0.15) is 10.4 Å². The van der Waals surface area contributed by atoms with Crippen molar-refractivity contribution in [2.45, 2.75) is 4.90 Å². The van der Waals surface area contributed by atoms with Crippen molar-refractivity contribution < 1.29 is 52.2 Å². The molecule has 0 saturated heterocycles. The molecule has 0 aliphatic rings. The molecule has 0 aromatic heterocycles. The van der Waals surface area contributed by atoms with Crippen molar-refractivity contribution >= 4 is 27.4 Å². The number of hydrogen-bond donors (Lipinski definition) is 2. The van der Waals surface area contributed by atoms with Crippen LogP contribution in [0.15, 0.2) is 53.4 Å². The van der Waals surface area contributed by atoms with Gasteiger partial charge >= 0.3 is 29.6 Å². The first-order chi connectivity index (χ1) is 10.3. The van der Waals surface area contributed by atoms with Gasteiger partial charge in [0.25, 0.3) is 21.7 Å². The van der Waals surface area contributed by atoms with Crippen LogP contribution < -0.4 is 34.9 Å². The van der Waals surface area contributed by atoms with Gasteiger partial charge in [0.2, 0.25) is 0 Å². The Kier molecular flexibility index (Phi) is 6.42. The molecule has 0 spiro atoms. The molecular formula is C13H10N2NaO6S+. The number of amides is 1. The van der Waals surface area contributed by atoms with Crippen LogP contribution in [-0.4, -0.2) is 23.8 Å². The molecule has 0 atom stereocenters. The topological polar surface area (TPSA) is 127 Å². The maximum Gasteiger partial charge on any atom is 1.00 e. The van der Waals surface area contributed by atoms with Crippen LogP contribution in [0.4, 0.5) is 11.4 Å². The Hall–Kier alpha value is -1.78. The average Bonchev–Trinajstić information content (AvgIpc) is 2.47. The summed E-state index contributed by atoms with van der Waals surface area (Å²) >= 11 is 0. The van der Waals surface area contributed by atoms with Crippen LogP contribution in [0.3, 0.4) is 0 Å². The quantitative estimate of drug-likeness (QED) is 0.320. The van der Waals surface area contributed by atoms with Gasteiger partial charge in [0, 0.05) is 23.4 Å². The van der Waals surface area contributed by atoms with E-state index in [0.29, 0.717) is 5.69 Å². The predicted octanol–water partition coefficient (Wildman–Crippen LogP) is -0.902. The number of carbonyl (C=O) groups is 1. The Morgan fingerprint density at radius 2 is 1.57 bits per heavy atom. The maximum atomic E-state index is 11.9. The zero-order valence-electron chi connectivity index (χ0n) is 12.0. The van der Waals surface area contributed by atoms with Gasteiger partial charge < -0.3 is 5.32 Å². The molecule has 114 valence electrons. The molecule has 0 fully saturated rings. The fourth-order valence-corrected chi connectivity index (χ4v) is 2.13. The molecule has 0 unspecified atom stereocenters. The van der Waals surface area contributed by atoms with Gasteiger partial charge in [-0.05, 0) is 36.4 Å². The normalized spacial score (nSPS) is 10.5. The van der Waals surface area contributed by atoms with Crippen LogP contribution in [0, 0.1) is 10.1 Å². The standard InChI is InChI=1S/C13H10N2O6S.Na/c16-13(9-1-5-11(6-2-9)15(17)18)14-10-3-7-12(8-4-10)22(19,20)21;/h1-8H,(H,14,16)(H,19,20,21);/q;+1. The Morgan fingerprint density at radius 1 is 1.04 bits per heavy atom. The second-order valence-electron chi connectivity index (χ2n) is 4.26. The zero-order valence-corrected chi connectivity index (χ0v) is 14.8. The second kappa shape index (κ2) is 7.66. The molecule has 2 aromatic carbocycles. The number of carbonyl (C=O) groups excluding carboxylic acids is 1. The molecule has 0 aliphatic carbocycles. The van der Waals surface area contributed by atoms with Gasteiger partial charge in [-0.2, -0.15) is 8.42 Å². The van der Waals surface area contributed by atoms with Crippen LogP contribution in [-0.2, 0) is 10.1 Å². The van der Waals surface area contributed by atoms with Gasteiger partial charge in [0.15, 0.2) is 0 Å². The molecule has 10 heteroatoms. The molecular weight excluding hydrogens is 335 g/mol. The predicted molar refractivity (Wildman–Crippen MR) is 77.3 cm³/mol. The van der Waals surface area contributed by atoms with Crippen molar-refractivity contribution in [3.05, 3.63) is 64.2 Å². The summed E-state index contributed by atoms with van der Waals surface area (Å²) in [5, 5.41) is 13.0. The number of anilines is 1. The Morgan fingerprint density at radius 3 is 2.00 bits per heavy atom. The van der Waals surface area contributed by atoms with Gasteiger partial charge in [0.05, 0.1) is 9.82 Å². The largest absolute Gasteiger partial charge is 1.00 e. The van der Waals surface area contributed by atoms with Gasteiger partial charge in [-0.15, -0.1) is 0 Å². The van der Waals surface area contributed by atoms with E-state index in [1.807, 2.05) is 0 Å². The fraction of sp³-hybridized carbons (Fsp3) is 0. The van der Waals surface area contributed by atoms with Crippen molar-refractivity contribution in [1.29, 1.82) is 0 Å². The number of benzene rings is 2. The third-order valence-corrected chi connectivity index (χ3v) is 3.62. The van der Waals surface area contributed by atoms with Crippen molar-refractivity contribution in [3.63, 3.8) is 0 Å². The van der Waals surface area contributed by atoms with Gasteiger partial charge in [-0.3, -0.25) is 19.5 Å². The number of hydrogen-bond acceptors (Lipinski definition) is 5. The van der Waals surface area contributed by atoms with Crippen LogP contribution >= 0.6 is 0 Å².